The molecule has 4 atom stereocenters. The minimum atomic E-state index is -2.10. The van der Waals surface area contributed by atoms with Gasteiger partial charge in [0.05, 0.1) is 6.10 Å². The number of carbonyl (C=O) groups excluding carboxylic acids is 1. The van der Waals surface area contributed by atoms with Crippen molar-refractivity contribution in [2.24, 2.45) is 11.7 Å². The zero-order valence-electron chi connectivity index (χ0n) is 24.8. The molecule has 0 saturated carbocycles. The maximum Gasteiger partial charge on any atom is 0.306 e. The summed E-state index contributed by atoms with van der Waals surface area (Å²) in [4.78, 5) is 15.1. The normalized spacial score (nSPS) is 25.7. The smallest absolute Gasteiger partial charge is 0.306 e. The molecule has 0 aromatic heterocycles. The molecular formula is C30H50N2O5Si. The average Bonchev–Trinajstić information content (AvgIpc) is 3.02. The maximum atomic E-state index is 12.5. The summed E-state index contributed by atoms with van der Waals surface area (Å²) in [7, 11) is -2.10. The average molecular weight is 547 g/mol. The van der Waals surface area contributed by atoms with Crippen LogP contribution in [0.3, 0.4) is 0 Å². The third-order valence-corrected chi connectivity index (χ3v) is 13.2. The number of nitrogens with two attached hydrogens (primary N) is 1. The second kappa shape index (κ2) is 11.1. The van der Waals surface area contributed by atoms with E-state index in [0.717, 1.165) is 36.4 Å². The fraction of sp³-hybridized carbons (Fsp3) is 0.767. The Morgan fingerprint density at radius 3 is 2.24 bits per heavy atom. The van der Waals surface area contributed by atoms with E-state index in [9.17, 15) is 4.79 Å². The third-order valence-electron chi connectivity index (χ3n) is 8.79. The first-order valence-electron chi connectivity index (χ1n) is 14.4. The highest BCUT2D eigenvalue weighted by atomic mass is 28.4. The van der Waals surface area contributed by atoms with Crippen LogP contribution in [0.4, 0.5) is 0 Å². The van der Waals surface area contributed by atoms with Crippen LogP contribution in [0.25, 0.3) is 0 Å². The summed E-state index contributed by atoms with van der Waals surface area (Å²) in [6, 6.07) is 6.88. The number of rotatable bonds is 8. The fourth-order valence-electron chi connectivity index (χ4n) is 5.94. The molecule has 3 aliphatic rings. The molecule has 3 heterocycles. The van der Waals surface area contributed by atoms with Gasteiger partial charge in [-0.05, 0) is 88.2 Å². The van der Waals surface area contributed by atoms with Gasteiger partial charge >= 0.3 is 5.97 Å². The minimum Gasteiger partial charge on any atom is -0.486 e. The van der Waals surface area contributed by atoms with Gasteiger partial charge in [0, 0.05) is 31.1 Å². The summed E-state index contributed by atoms with van der Waals surface area (Å²) < 4.78 is 24.3. The lowest BCUT2D eigenvalue weighted by Gasteiger charge is -2.44. The zero-order valence-corrected chi connectivity index (χ0v) is 25.8. The second-order valence-electron chi connectivity index (χ2n) is 14.1. The molecule has 4 rings (SSSR count). The number of hydrogen-bond donors (Lipinski definition) is 1. The van der Waals surface area contributed by atoms with E-state index in [2.05, 4.69) is 50.9 Å². The Bertz CT molecular complexity index is 972. The van der Waals surface area contributed by atoms with Crippen molar-refractivity contribution in [3.05, 3.63) is 23.8 Å². The van der Waals surface area contributed by atoms with Crippen LogP contribution in [0.15, 0.2) is 18.2 Å². The van der Waals surface area contributed by atoms with Crippen molar-refractivity contribution in [2.45, 2.75) is 122 Å². The van der Waals surface area contributed by atoms with Crippen molar-refractivity contribution in [2.75, 3.05) is 19.8 Å². The van der Waals surface area contributed by atoms with Crippen LogP contribution in [0, 0.1) is 5.92 Å². The molecule has 3 aliphatic heterocycles. The minimum absolute atomic E-state index is 0.0673. The van der Waals surface area contributed by atoms with Gasteiger partial charge in [-0.3, -0.25) is 9.69 Å². The van der Waals surface area contributed by atoms with Crippen LogP contribution < -0.4 is 15.2 Å². The van der Waals surface area contributed by atoms with Crippen LogP contribution in [-0.2, 0) is 14.0 Å². The lowest BCUT2D eigenvalue weighted by molar-refractivity contribution is -0.156. The predicted octanol–water partition coefficient (Wildman–Crippen LogP) is 5.82. The van der Waals surface area contributed by atoms with Crippen molar-refractivity contribution >= 4 is 14.3 Å². The monoisotopic (exact) mass is 546 g/mol. The molecule has 2 fully saturated rings. The van der Waals surface area contributed by atoms with Crippen LogP contribution >= 0.6 is 0 Å². The molecule has 214 valence electrons. The van der Waals surface area contributed by atoms with Gasteiger partial charge in [-0.15, -0.1) is 0 Å². The van der Waals surface area contributed by atoms with Crippen LogP contribution in [0.5, 0.6) is 11.5 Å². The van der Waals surface area contributed by atoms with Crippen molar-refractivity contribution in [3.63, 3.8) is 0 Å². The van der Waals surface area contributed by atoms with Crippen molar-refractivity contribution < 1.29 is 23.4 Å². The van der Waals surface area contributed by atoms with E-state index >= 15 is 0 Å². The van der Waals surface area contributed by atoms with Gasteiger partial charge in [0.25, 0.3) is 0 Å². The molecule has 2 bridgehead atoms. The number of ether oxygens (including phenoxy) is 3. The Labute approximate surface area is 230 Å². The third kappa shape index (κ3) is 6.93. The summed E-state index contributed by atoms with van der Waals surface area (Å²) in [5, 5.41) is 0.0673. The topological polar surface area (TPSA) is 83.3 Å². The highest BCUT2D eigenvalue weighted by Crippen LogP contribution is 2.44. The van der Waals surface area contributed by atoms with Gasteiger partial charge < -0.3 is 24.4 Å². The van der Waals surface area contributed by atoms with E-state index in [1.54, 1.807) is 0 Å². The molecule has 0 aliphatic carbocycles. The molecule has 2 unspecified atom stereocenters. The molecule has 0 amide bonds. The number of carbonyl (C=O) groups is 1. The Balaban J connectivity index is 1.48. The van der Waals surface area contributed by atoms with E-state index < -0.39 is 13.9 Å². The highest BCUT2D eigenvalue weighted by Gasteiger charge is 2.45. The largest absolute Gasteiger partial charge is 0.486 e. The number of esters is 1. The van der Waals surface area contributed by atoms with Gasteiger partial charge in [0.2, 0.25) is 0 Å². The van der Waals surface area contributed by atoms with Crippen LogP contribution in [0.2, 0.25) is 18.1 Å². The van der Waals surface area contributed by atoms with Crippen molar-refractivity contribution in [3.8, 4) is 11.5 Å². The Kier molecular flexibility index (Phi) is 8.58. The summed E-state index contributed by atoms with van der Waals surface area (Å²) >= 11 is 0. The Hall–Kier alpha value is -1.61. The first kappa shape index (κ1) is 29.4. The summed E-state index contributed by atoms with van der Waals surface area (Å²) in [6.45, 7) is 19.1. The number of nitrogens with zero attached hydrogens (tertiary/aromatic N) is 1. The van der Waals surface area contributed by atoms with Crippen LogP contribution in [-0.4, -0.2) is 62.7 Å². The number of benzene rings is 1. The SMILES string of the molecule is CC(C)(C)OC(=O)CC1CC2CCC(C1)N2C[C@@H](N)[C@H](O[Si](C)(C)C(C)(C)C)c1ccc2c(c1)OCCO2. The first-order valence-corrected chi connectivity index (χ1v) is 17.3. The molecule has 2 N–H and O–H groups in total. The van der Waals surface area contributed by atoms with E-state index in [-0.39, 0.29) is 23.2 Å². The van der Waals surface area contributed by atoms with Crippen LogP contribution in [0.1, 0.15) is 85.3 Å². The molecule has 0 radical (unpaired) electrons. The van der Waals surface area contributed by atoms with E-state index in [0.29, 0.717) is 37.6 Å². The molecular weight excluding hydrogens is 496 g/mol. The number of fused-ring (bicyclic) bond motifs is 3. The molecule has 1 aromatic carbocycles. The number of piperidine rings is 1. The molecule has 38 heavy (non-hydrogen) atoms. The summed E-state index contributed by atoms with van der Waals surface area (Å²) in [5.41, 5.74) is 7.67. The van der Waals surface area contributed by atoms with E-state index in [1.165, 1.54) is 12.8 Å². The summed E-state index contributed by atoms with van der Waals surface area (Å²) in [6.07, 6.45) is 4.67. The molecule has 8 heteroatoms. The fourth-order valence-corrected chi connectivity index (χ4v) is 7.24. The molecule has 1 aromatic rings. The zero-order chi connectivity index (χ0) is 27.9. The van der Waals surface area contributed by atoms with Gasteiger partial charge in [0.15, 0.2) is 19.8 Å². The molecule has 7 nitrogen and oxygen atoms in total. The van der Waals surface area contributed by atoms with Gasteiger partial charge in [0.1, 0.15) is 18.8 Å². The van der Waals surface area contributed by atoms with E-state index in [4.69, 9.17) is 24.4 Å². The predicted molar refractivity (Wildman–Crippen MR) is 153 cm³/mol. The van der Waals surface area contributed by atoms with Gasteiger partial charge in [-0.25, -0.2) is 0 Å². The van der Waals surface area contributed by atoms with E-state index in [1.807, 2.05) is 26.8 Å². The first-order chi connectivity index (χ1) is 17.6. The highest BCUT2D eigenvalue weighted by molar-refractivity contribution is 6.74. The Morgan fingerprint density at radius 1 is 1.05 bits per heavy atom. The lowest BCUT2D eigenvalue weighted by atomic mass is 9.87. The molecule has 0 spiro atoms. The number of hydrogen-bond acceptors (Lipinski definition) is 7. The second-order valence-corrected chi connectivity index (χ2v) is 18.8. The standard InChI is InChI=1S/C30H50N2O5Si/c1-29(2,3)36-27(33)17-20-15-22-10-11-23(16-20)32(22)19-24(31)28(37-38(7,8)30(4,5)6)21-9-12-25-26(18-21)35-14-13-34-25/h9,12,18,20,22-24,28H,10-11,13-17,19,31H2,1-8H3/t20?,22?,23?,24-,28-/m1/s1. The van der Waals surface area contributed by atoms with Gasteiger partial charge in [-0.1, -0.05) is 26.8 Å². The van der Waals surface area contributed by atoms with Crippen molar-refractivity contribution in [1.29, 1.82) is 0 Å². The van der Waals surface area contributed by atoms with Crippen molar-refractivity contribution in [1.82, 2.24) is 4.90 Å². The molecule has 2 saturated heterocycles. The quantitative estimate of drug-likeness (QED) is 0.325. The summed E-state index contributed by atoms with van der Waals surface area (Å²) in [5.74, 6) is 1.86. The maximum absolute atomic E-state index is 12.5. The Morgan fingerprint density at radius 2 is 1.66 bits per heavy atom. The van der Waals surface area contributed by atoms with Gasteiger partial charge in [-0.2, -0.15) is 0 Å². The lowest BCUT2D eigenvalue weighted by Crippen LogP contribution is -2.52.